The van der Waals surface area contributed by atoms with Gasteiger partial charge in [0.15, 0.2) is 5.82 Å². The van der Waals surface area contributed by atoms with Crippen molar-refractivity contribution in [3.05, 3.63) is 35.4 Å². The van der Waals surface area contributed by atoms with Gasteiger partial charge in [0.1, 0.15) is 16.9 Å². The zero-order chi connectivity index (χ0) is 14.2. The second kappa shape index (κ2) is 4.92. The van der Waals surface area contributed by atoms with Crippen LogP contribution in [0, 0.1) is 6.92 Å². The van der Waals surface area contributed by atoms with E-state index in [-0.39, 0.29) is 6.04 Å². The van der Waals surface area contributed by atoms with Gasteiger partial charge in [-0.3, -0.25) is 10.00 Å². The zero-order valence-electron chi connectivity index (χ0n) is 11.8. The van der Waals surface area contributed by atoms with Crippen molar-refractivity contribution in [3.63, 3.8) is 0 Å². The van der Waals surface area contributed by atoms with E-state index in [0.29, 0.717) is 0 Å². The highest BCUT2D eigenvalue weighted by molar-refractivity contribution is 5.76. The lowest BCUT2D eigenvalue weighted by Gasteiger charge is -2.22. The van der Waals surface area contributed by atoms with Crippen molar-refractivity contribution >= 4 is 11.0 Å². The third kappa shape index (κ3) is 2.19. The number of H-pyrrole nitrogens is 1. The Morgan fingerprint density at radius 1 is 1.38 bits per heavy atom. The summed E-state index contributed by atoms with van der Waals surface area (Å²) in [6, 6.07) is 6.25. The summed E-state index contributed by atoms with van der Waals surface area (Å²) in [4.78, 5) is 6.88. The van der Waals surface area contributed by atoms with Gasteiger partial charge in [-0.25, -0.2) is 9.61 Å². The summed E-state index contributed by atoms with van der Waals surface area (Å²) in [5, 5.41) is 15.2. The molecule has 1 aromatic carbocycles. The lowest BCUT2D eigenvalue weighted by Crippen LogP contribution is -2.23. The Morgan fingerprint density at radius 2 is 2.33 bits per heavy atom. The number of aromatic nitrogens is 5. The molecule has 2 aromatic heterocycles. The van der Waals surface area contributed by atoms with Crippen LogP contribution in [0.25, 0.3) is 11.0 Å². The minimum Gasteiger partial charge on any atom is -0.289 e. The Balaban J connectivity index is 1.62. The van der Waals surface area contributed by atoms with E-state index in [0.717, 1.165) is 54.2 Å². The number of nitrogens with one attached hydrogen (secondary N) is 1. The quantitative estimate of drug-likeness (QED) is 0.791. The largest absolute Gasteiger partial charge is 0.289 e. The molecule has 1 atom stereocenters. The van der Waals surface area contributed by atoms with Gasteiger partial charge in [-0.2, -0.15) is 5.10 Å². The topological polar surface area (TPSA) is 83.7 Å². The number of rotatable bonds is 3. The third-order valence-corrected chi connectivity index (χ3v) is 4.02. The van der Waals surface area contributed by atoms with Gasteiger partial charge in [-0.15, -0.1) is 0 Å². The second-order valence-corrected chi connectivity index (χ2v) is 5.46. The molecule has 0 unspecified atom stereocenters. The SMILES string of the molecule is Cc1nc([C@H]2CCCN2Cc2cccc3nonc23)n[nH]1. The summed E-state index contributed by atoms with van der Waals surface area (Å²) < 4.78 is 4.84. The average Bonchev–Trinajstić information content (AvgIpc) is 3.18. The van der Waals surface area contributed by atoms with Crippen molar-refractivity contribution in [3.8, 4) is 0 Å². The van der Waals surface area contributed by atoms with Gasteiger partial charge < -0.3 is 0 Å². The molecule has 3 aromatic rings. The summed E-state index contributed by atoms with van der Waals surface area (Å²) in [7, 11) is 0. The molecule has 0 saturated carbocycles. The molecule has 4 rings (SSSR count). The van der Waals surface area contributed by atoms with Crippen molar-refractivity contribution in [2.75, 3.05) is 6.54 Å². The number of hydrogen-bond donors (Lipinski definition) is 1. The Kier molecular flexibility index (Phi) is 2.92. The molecule has 1 aliphatic rings. The van der Waals surface area contributed by atoms with Crippen LogP contribution >= 0.6 is 0 Å². The smallest absolute Gasteiger partial charge is 0.167 e. The monoisotopic (exact) mass is 284 g/mol. The fourth-order valence-corrected chi connectivity index (χ4v) is 3.03. The third-order valence-electron chi connectivity index (χ3n) is 4.02. The normalized spacial score (nSPS) is 19.6. The van der Waals surface area contributed by atoms with Crippen molar-refractivity contribution in [1.29, 1.82) is 0 Å². The van der Waals surface area contributed by atoms with E-state index in [9.17, 15) is 0 Å². The minimum absolute atomic E-state index is 0.269. The maximum Gasteiger partial charge on any atom is 0.167 e. The summed E-state index contributed by atoms with van der Waals surface area (Å²) in [6.07, 6.45) is 2.25. The summed E-state index contributed by atoms with van der Waals surface area (Å²) >= 11 is 0. The molecule has 1 N–H and O–H groups in total. The van der Waals surface area contributed by atoms with Crippen molar-refractivity contribution in [2.45, 2.75) is 32.4 Å². The Hall–Kier alpha value is -2.28. The average molecular weight is 284 g/mol. The lowest BCUT2D eigenvalue weighted by molar-refractivity contribution is 0.240. The number of aromatic amines is 1. The fraction of sp³-hybridized carbons (Fsp3) is 0.429. The number of fused-ring (bicyclic) bond motifs is 1. The van der Waals surface area contributed by atoms with Crippen LogP contribution in [0.3, 0.4) is 0 Å². The van der Waals surface area contributed by atoms with E-state index in [1.165, 1.54) is 0 Å². The molecule has 0 spiro atoms. The highest BCUT2D eigenvalue weighted by Crippen LogP contribution is 2.32. The zero-order valence-corrected chi connectivity index (χ0v) is 11.8. The van der Waals surface area contributed by atoms with Crippen LogP contribution in [0.5, 0.6) is 0 Å². The molecule has 1 fully saturated rings. The molecule has 108 valence electrons. The molecule has 0 radical (unpaired) electrons. The minimum atomic E-state index is 0.269. The van der Waals surface area contributed by atoms with Crippen LogP contribution in [0.4, 0.5) is 0 Å². The van der Waals surface area contributed by atoms with Gasteiger partial charge in [0.25, 0.3) is 0 Å². The van der Waals surface area contributed by atoms with Crippen LogP contribution in [-0.2, 0) is 6.54 Å². The van der Waals surface area contributed by atoms with E-state index in [2.05, 4.69) is 36.5 Å². The molecular formula is C14H16N6O. The molecule has 7 heteroatoms. The maximum atomic E-state index is 4.84. The van der Waals surface area contributed by atoms with Gasteiger partial charge in [0.2, 0.25) is 0 Å². The van der Waals surface area contributed by atoms with Gasteiger partial charge in [0.05, 0.1) is 6.04 Å². The van der Waals surface area contributed by atoms with Crippen LogP contribution < -0.4 is 0 Å². The van der Waals surface area contributed by atoms with Gasteiger partial charge in [0, 0.05) is 6.54 Å². The number of likely N-dealkylation sites (tertiary alicyclic amines) is 1. The van der Waals surface area contributed by atoms with E-state index in [1.54, 1.807) is 0 Å². The maximum absolute atomic E-state index is 4.84. The van der Waals surface area contributed by atoms with E-state index < -0.39 is 0 Å². The van der Waals surface area contributed by atoms with E-state index >= 15 is 0 Å². The molecule has 0 amide bonds. The second-order valence-electron chi connectivity index (χ2n) is 5.46. The number of benzene rings is 1. The fourth-order valence-electron chi connectivity index (χ4n) is 3.03. The Labute approximate surface area is 121 Å². The molecule has 3 heterocycles. The molecular weight excluding hydrogens is 268 g/mol. The van der Waals surface area contributed by atoms with Crippen LogP contribution in [0.15, 0.2) is 22.8 Å². The van der Waals surface area contributed by atoms with Crippen LogP contribution in [0.2, 0.25) is 0 Å². The summed E-state index contributed by atoms with van der Waals surface area (Å²) in [6.45, 7) is 3.78. The first-order valence-electron chi connectivity index (χ1n) is 7.14. The van der Waals surface area contributed by atoms with Gasteiger partial charge in [-0.05, 0) is 48.3 Å². The Morgan fingerprint density at radius 3 is 3.19 bits per heavy atom. The van der Waals surface area contributed by atoms with Crippen LogP contribution in [0.1, 0.15) is 36.1 Å². The molecule has 1 aliphatic heterocycles. The summed E-state index contributed by atoms with van der Waals surface area (Å²) in [5.41, 5.74) is 2.78. The number of aryl methyl sites for hydroxylation is 1. The number of nitrogens with zero attached hydrogens (tertiary/aromatic N) is 5. The highest BCUT2D eigenvalue weighted by Gasteiger charge is 2.29. The molecule has 1 saturated heterocycles. The standard InChI is InChI=1S/C14H16N6O/c1-9-15-14(17-16-9)12-6-3-7-20(12)8-10-4-2-5-11-13(10)19-21-18-11/h2,4-5,12H,3,6-8H2,1H3,(H,15,16,17)/t12-/m1/s1. The first-order chi connectivity index (χ1) is 10.3. The van der Waals surface area contributed by atoms with Crippen molar-refractivity contribution in [1.82, 2.24) is 30.4 Å². The predicted molar refractivity (Wildman–Crippen MR) is 75.3 cm³/mol. The molecule has 0 aliphatic carbocycles. The van der Waals surface area contributed by atoms with Gasteiger partial charge in [-0.1, -0.05) is 12.1 Å². The summed E-state index contributed by atoms with van der Waals surface area (Å²) in [5.74, 6) is 1.75. The van der Waals surface area contributed by atoms with E-state index in [4.69, 9.17) is 4.63 Å². The first kappa shape index (κ1) is 12.5. The first-order valence-corrected chi connectivity index (χ1v) is 7.14. The van der Waals surface area contributed by atoms with Crippen molar-refractivity contribution < 1.29 is 4.63 Å². The lowest BCUT2D eigenvalue weighted by atomic mass is 10.1. The molecule has 21 heavy (non-hydrogen) atoms. The van der Waals surface area contributed by atoms with Crippen LogP contribution in [-0.4, -0.2) is 36.9 Å². The Bertz CT molecular complexity index is 764. The van der Waals surface area contributed by atoms with E-state index in [1.807, 2.05) is 19.1 Å². The molecule has 0 bridgehead atoms. The van der Waals surface area contributed by atoms with Crippen molar-refractivity contribution in [2.24, 2.45) is 0 Å². The predicted octanol–water partition coefficient (Wildman–Crippen LogP) is 1.99. The molecule has 7 nitrogen and oxygen atoms in total. The number of hydrogen-bond acceptors (Lipinski definition) is 6. The highest BCUT2D eigenvalue weighted by atomic mass is 16.6. The van der Waals surface area contributed by atoms with Gasteiger partial charge >= 0.3 is 0 Å².